The Hall–Kier alpha value is -1.57. The number of ketones is 1. The van der Waals surface area contributed by atoms with Crippen molar-refractivity contribution in [3.05, 3.63) is 0 Å². The molecule has 0 aromatic rings. The molecule has 5 N–H and O–H groups in total. The monoisotopic (exact) mass is 520 g/mol. The van der Waals surface area contributed by atoms with E-state index < -0.39 is 42.0 Å². The van der Waals surface area contributed by atoms with E-state index in [-0.39, 0.29) is 68.6 Å². The Labute approximate surface area is 210 Å². The lowest BCUT2D eigenvalue weighted by molar-refractivity contribution is -0.261. The van der Waals surface area contributed by atoms with Gasteiger partial charge in [-0.1, -0.05) is 25.6 Å². The van der Waals surface area contributed by atoms with Crippen LogP contribution in [0.4, 0.5) is 0 Å². The molecule has 5 atom stereocenters. The molecule has 0 aromatic carbocycles. The topological polar surface area (TPSA) is 171 Å². The molecular formula is C23H40N2O9S. The van der Waals surface area contributed by atoms with E-state index in [9.17, 15) is 34.5 Å². The van der Waals surface area contributed by atoms with Crippen molar-refractivity contribution >= 4 is 34.5 Å². The predicted molar refractivity (Wildman–Crippen MR) is 129 cm³/mol. The largest absolute Gasteiger partial charge is 0.393 e. The molecule has 1 heterocycles. The zero-order chi connectivity index (χ0) is 26.6. The van der Waals surface area contributed by atoms with Crippen LogP contribution in [0.15, 0.2) is 0 Å². The molecule has 1 saturated heterocycles. The number of aliphatic hydroxyl groups excluding tert-OH is 3. The Morgan fingerprint density at radius 2 is 1.74 bits per heavy atom. The molecule has 0 radical (unpaired) electrons. The SMILES string of the molecule is CC(=O)CC(=O)SCCNC(=O)CCNC(=O)[C@@H]1OC(CC(O)CC(O)CC(C)O)OCC1(C)C. The summed E-state index contributed by atoms with van der Waals surface area (Å²) in [6.07, 6.45) is -4.00. The first-order chi connectivity index (χ1) is 16.3. The minimum atomic E-state index is -0.932. The maximum Gasteiger partial charge on any atom is 0.249 e. The third-order valence-corrected chi connectivity index (χ3v) is 6.11. The van der Waals surface area contributed by atoms with Crippen molar-refractivity contribution in [2.45, 2.75) is 90.5 Å². The summed E-state index contributed by atoms with van der Waals surface area (Å²) in [6.45, 7) is 7.11. The van der Waals surface area contributed by atoms with Crippen molar-refractivity contribution in [2.75, 3.05) is 25.4 Å². The van der Waals surface area contributed by atoms with Crippen LogP contribution in [0.2, 0.25) is 0 Å². The molecule has 1 fully saturated rings. The van der Waals surface area contributed by atoms with E-state index in [2.05, 4.69) is 10.6 Å². The van der Waals surface area contributed by atoms with Crippen LogP contribution in [0.25, 0.3) is 0 Å². The standard InChI is InChI=1S/C23H40N2O9S/c1-14(26)9-16(28)11-17(29)12-20-33-13-23(3,4)21(34-20)22(32)25-6-5-18(30)24-7-8-35-19(31)10-15(2)27/h14,16-17,20-21,26,28-29H,5-13H2,1-4H3,(H,24,30)(H,25,32)/t14?,16?,17?,20?,21-/m0/s1. The molecule has 1 aliphatic heterocycles. The highest BCUT2D eigenvalue weighted by Crippen LogP contribution is 2.32. The molecule has 0 aromatic heterocycles. The van der Waals surface area contributed by atoms with Crippen molar-refractivity contribution in [1.29, 1.82) is 0 Å². The minimum absolute atomic E-state index is 0.0464. The summed E-state index contributed by atoms with van der Waals surface area (Å²) in [5.74, 6) is -0.524. The first-order valence-corrected chi connectivity index (χ1v) is 12.8. The fourth-order valence-corrected chi connectivity index (χ4v) is 4.25. The molecule has 4 unspecified atom stereocenters. The molecule has 35 heavy (non-hydrogen) atoms. The summed E-state index contributed by atoms with van der Waals surface area (Å²) >= 11 is 0.988. The lowest BCUT2D eigenvalue weighted by Gasteiger charge is -2.41. The second-order valence-corrected chi connectivity index (χ2v) is 10.8. The number of aliphatic hydroxyl groups is 3. The van der Waals surface area contributed by atoms with Crippen molar-refractivity contribution in [1.82, 2.24) is 10.6 Å². The molecule has 0 bridgehead atoms. The Balaban J connectivity index is 2.39. The zero-order valence-corrected chi connectivity index (χ0v) is 21.8. The maximum absolute atomic E-state index is 12.7. The number of amides is 2. The average Bonchev–Trinajstić information content (AvgIpc) is 2.71. The molecule has 0 spiro atoms. The van der Waals surface area contributed by atoms with Gasteiger partial charge >= 0.3 is 0 Å². The molecule has 0 aliphatic carbocycles. The van der Waals surface area contributed by atoms with Crippen molar-refractivity contribution in [3.8, 4) is 0 Å². The number of carbonyl (C=O) groups is 4. The number of rotatable bonds is 15. The quantitative estimate of drug-likeness (QED) is 0.145. The van der Waals surface area contributed by atoms with Gasteiger partial charge in [-0.15, -0.1) is 0 Å². The van der Waals surface area contributed by atoms with Crippen LogP contribution in [-0.4, -0.2) is 94.2 Å². The van der Waals surface area contributed by atoms with Crippen LogP contribution in [-0.2, 0) is 28.7 Å². The highest BCUT2D eigenvalue weighted by atomic mass is 32.2. The van der Waals surface area contributed by atoms with E-state index in [4.69, 9.17) is 9.47 Å². The number of hydrogen-bond donors (Lipinski definition) is 5. The summed E-state index contributed by atoms with van der Waals surface area (Å²) in [5, 5.41) is 34.5. The van der Waals surface area contributed by atoms with E-state index in [0.29, 0.717) is 5.75 Å². The van der Waals surface area contributed by atoms with Gasteiger partial charge < -0.3 is 35.4 Å². The first kappa shape index (κ1) is 31.5. The number of carbonyl (C=O) groups excluding carboxylic acids is 4. The first-order valence-electron chi connectivity index (χ1n) is 11.8. The number of Topliss-reactive ketones (excluding diaryl/α,β-unsaturated/α-hetero) is 1. The molecule has 202 valence electrons. The predicted octanol–water partition coefficient (Wildman–Crippen LogP) is -0.112. The Morgan fingerprint density at radius 1 is 1.06 bits per heavy atom. The minimum Gasteiger partial charge on any atom is -0.393 e. The highest BCUT2D eigenvalue weighted by molar-refractivity contribution is 8.13. The van der Waals surface area contributed by atoms with Gasteiger partial charge in [-0.05, 0) is 26.7 Å². The van der Waals surface area contributed by atoms with Gasteiger partial charge in [0.2, 0.25) is 11.8 Å². The third kappa shape index (κ3) is 13.3. The van der Waals surface area contributed by atoms with E-state index >= 15 is 0 Å². The van der Waals surface area contributed by atoms with Crippen LogP contribution in [0.1, 0.15) is 59.8 Å². The van der Waals surface area contributed by atoms with E-state index in [1.807, 2.05) is 13.8 Å². The Bertz CT molecular complexity index is 717. The van der Waals surface area contributed by atoms with Gasteiger partial charge in [-0.3, -0.25) is 19.2 Å². The highest BCUT2D eigenvalue weighted by Gasteiger charge is 2.43. The molecule has 12 heteroatoms. The lowest BCUT2D eigenvalue weighted by Crippen LogP contribution is -2.54. The van der Waals surface area contributed by atoms with Crippen LogP contribution >= 0.6 is 11.8 Å². The van der Waals surface area contributed by atoms with Gasteiger partial charge in [0.25, 0.3) is 0 Å². The lowest BCUT2D eigenvalue weighted by atomic mass is 9.85. The van der Waals surface area contributed by atoms with Gasteiger partial charge in [0, 0.05) is 37.1 Å². The molecule has 0 saturated carbocycles. The van der Waals surface area contributed by atoms with Crippen LogP contribution < -0.4 is 10.6 Å². The van der Waals surface area contributed by atoms with E-state index in [0.717, 1.165) is 11.8 Å². The summed E-state index contributed by atoms with van der Waals surface area (Å²) in [6, 6.07) is 0. The second kappa shape index (κ2) is 15.5. The van der Waals surface area contributed by atoms with Crippen LogP contribution in [0.3, 0.4) is 0 Å². The molecule has 2 amide bonds. The van der Waals surface area contributed by atoms with Gasteiger partial charge in [0.05, 0.1) is 31.3 Å². The van der Waals surface area contributed by atoms with E-state index in [1.165, 1.54) is 6.92 Å². The fraction of sp³-hybridized carbons (Fsp3) is 0.826. The molecule has 1 aliphatic rings. The van der Waals surface area contributed by atoms with Crippen molar-refractivity contribution < 1.29 is 44.0 Å². The van der Waals surface area contributed by atoms with Gasteiger partial charge in [-0.25, -0.2) is 0 Å². The van der Waals surface area contributed by atoms with Gasteiger partial charge in [-0.2, -0.15) is 0 Å². The van der Waals surface area contributed by atoms with Crippen LogP contribution in [0.5, 0.6) is 0 Å². The molecule has 1 rings (SSSR count). The van der Waals surface area contributed by atoms with Crippen LogP contribution in [0, 0.1) is 5.41 Å². The summed E-state index contributed by atoms with van der Waals surface area (Å²) in [4.78, 5) is 47.0. The zero-order valence-electron chi connectivity index (χ0n) is 21.0. The maximum atomic E-state index is 12.7. The Morgan fingerprint density at radius 3 is 2.37 bits per heavy atom. The Kier molecular flexibility index (Phi) is 14.0. The third-order valence-electron chi connectivity index (χ3n) is 5.23. The average molecular weight is 521 g/mol. The number of hydrogen-bond acceptors (Lipinski definition) is 10. The summed E-state index contributed by atoms with van der Waals surface area (Å²) in [5.41, 5.74) is -0.636. The van der Waals surface area contributed by atoms with Gasteiger partial charge in [0.1, 0.15) is 11.9 Å². The van der Waals surface area contributed by atoms with Gasteiger partial charge in [0.15, 0.2) is 11.4 Å². The summed E-state index contributed by atoms with van der Waals surface area (Å²) in [7, 11) is 0. The smallest absolute Gasteiger partial charge is 0.249 e. The number of ether oxygens (including phenoxy) is 2. The molecular weight excluding hydrogens is 480 g/mol. The van der Waals surface area contributed by atoms with E-state index in [1.54, 1.807) is 6.92 Å². The summed E-state index contributed by atoms with van der Waals surface area (Å²) < 4.78 is 11.4. The number of nitrogens with one attached hydrogen (secondary N) is 2. The van der Waals surface area contributed by atoms with Crippen molar-refractivity contribution in [2.24, 2.45) is 5.41 Å². The number of thioether (sulfide) groups is 1. The fourth-order valence-electron chi connectivity index (χ4n) is 3.51. The van der Waals surface area contributed by atoms with Crippen molar-refractivity contribution in [3.63, 3.8) is 0 Å². The second-order valence-electron chi connectivity index (χ2n) is 9.60. The molecule has 11 nitrogen and oxygen atoms in total. The normalized spacial score (nSPS) is 22.0.